The van der Waals surface area contributed by atoms with E-state index >= 15 is 0 Å². The second-order valence-electron chi connectivity index (χ2n) is 7.91. The average Bonchev–Trinajstić information content (AvgIpc) is 3.48. The van der Waals surface area contributed by atoms with Crippen molar-refractivity contribution in [2.24, 2.45) is 0 Å². The number of hydrogen-bond donors (Lipinski definition) is 0. The van der Waals surface area contributed by atoms with Gasteiger partial charge in [-0.3, -0.25) is 14.8 Å². The smallest absolute Gasteiger partial charge is 0.227 e. The molecule has 0 saturated carbocycles. The van der Waals surface area contributed by atoms with E-state index in [1.807, 2.05) is 41.7 Å². The van der Waals surface area contributed by atoms with Gasteiger partial charge in [-0.1, -0.05) is 18.2 Å². The molecule has 0 N–H and O–H groups in total. The minimum atomic E-state index is 0.212. The lowest BCUT2D eigenvalue weighted by Crippen LogP contribution is -2.23. The van der Waals surface area contributed by atoms with E-state index in [1.54, 1.807) is 6.20 Å². The molecular weight excluding hydrogens is 384 g/mol. The summed E-state index contributed by atoms with van der Waals surface area (Å²) in [6.45, 7) is 1.72. The normalized spacial score (nSPS) is 13.7. The zero-order valence-electron chi connectivity index (χ0n) is 17.3. The fourth-order valence-corrected chi connectivity index (χ4v) is 4.07. The Kier molecular flexibility index (Phi) is 5.31. The lowest BCUT2D eigenvalue weighted by Gasteiger charge is -2.16. The molecule has 154 valence electrons. The van der Waals surface area contributed by atoms with Crippen molar-refractivity contribution in [2.75, 3.05) is 11.4 Å². The van der Waals surface area contributed by atoms with Crippen molar-refractivity contribution in [1.82, 2.24) is 14.5 Å². The molecule has 5 rings (SSSR count). The van der Waals surface area contributed by atoms with E-state index in [-0.39, 0.29) is 5.91 Å². The number of amides is 1. The number of nitrogens with zero attached hydrogens (tertiary/aromatic N) is 4. The van der Waals surface area contributed by atoms with Gasteiger partial charge in [0, 0.05) is 79.1 Å². The number of carbonyl (C=O) groups excluding carboxylic acids is 1. The summed E-state index contributed by atoms with van der Waals surface area (Å²) in [6, 6.07) is 16.6. The van der Waals surface area contributed by atoms with E-state index in [2.05, 4.69) is 57.3 Å². The number of carbonyl (C=O) groups is 1. The van der Waals surface area contributed by atoms with E-state index in [4.69, 9.17) is 0 Å². The molecule has 4 aromatic rings. The quantitative estimate of drug-likeness (QED) is 0.452. The zero-order valence-corrected chi connectivity index (χ0v) is 17.3. The minimum absolute atomic E-state index is 0.212. The number of benzene rings is 1. The lowest BCUT2D eigenvalue weighted by molar-refractivity contribution is -0.117. The highest BCUT2D eigenvalue weighted by Crippen LogP contribution is 2.28. The highest BCUT2D eigenvalue weighted by molar-refractivity contribution is 5.95. The highest BCUT2D eigenvalue weighted by Gasteiger charge is 2.21. The van der Waals surface area contributed by atoms with Crippen LogP contribution in [0.15, 0.2) is 85.7 Å². The van der Waals surface area contributed by atoms with E-state index < -0.39 is 0 Å². The number of rotatable bonds is 6. The Morgan fingerprint density at radius 3 is 2.45 bits per heavy atom. The van der Waals surface area contributed by atoms with Gasteiger partial charge in [-0.15, -0.1) is 0 Å². The summed E-state index contributed by atoms with van der Waals surface area (Å²) in [4.78, 5) is 22.5. The summed E-state index contributed by atoms with van der Waals surface area (Å²) >= 11 is 0. The summed E-state index contributed by atoms with van der Waals surface area (Å²) in [7, 11) is 0. The number of anilines is 1. The summed E-state index contributed by atoms with van der Waals surface area (Å²) in [6.07, 6.45) is 14.3. The van der Waals surface area contributed by atoms with Crippen LogP contribution in [0.2, 0.25) is 0 Å². The monoisotopic (exact) mass is 408 g/mol. The maximum absolute atomic E-state index is 12.0. The third-order valence-corrected chi connectivity index (χ3v) is 5.79. The van der Waals surface area contributed by atoms with Crippen molar-refractivity contribution < 1.29 is 4.79 Å². The maximum atomic E-state index is 12.0. The Morgan fingerprint density at radius 1 is 0.871 bits per heavy atom. The molecule has 5 nitrogen and oxygen atoms in total. The van der Waals surface area contributed by atoms with Gasteiger partial charge in [-0.05, 0) is 54.3 Å². The average molecular weight is 409 g/mol. The van der Waals surface area contributed by atoms with Crippen LogP contribution in [0.3, 0.4) is 0 Å². The SMILES string of the molecule is O=C1CCCN1c1ccc(-c2cncc(-c3ccn(CCc4cccnc4)c3)c2)cc1. The molecule has 0 aliphatic carbocycles. The van der Waals surface area contributed by atoms with Crippen LogP contribution < -0.4 is 4.90 Å². The van der Waals surface area contributed by atoms with Crippen LogP contribution in [-0.2, 0) is 17.8 Å². The van der Waals surface area contributed by atoms with Crippen molar-refractivity contribution in [3.05, 3.63) is 91.3 Å². The molecule has 0 bridgehead atoms. The van der Waals surface area contributed by atoms with Gasteiger partial charge in [0.1, 0.15) is 0 Å². The van der Waals surface area contributed by atoms with E-state index in [1.165, 1.54) is 5.56 Å². The molecule has 3 aromatic heterocycles. The summed E-state index contributed by atoms with van der Waals surface area (Å²) in [5, 5.41) is 0. The van der Waals surface area contributed by atoms with Crippen LogP contribution in [0.5, 0.6) is 0 Å². The van der Waals surface area contributed by atoms with Crippen LogP contribution in [0.4, 0.5) is 5.69 Å². The fraction of sp³-hybridized carbons (Fsp3) is 0.192. The standard InChI is InChI=1S/C26H24N4O/c31-26-4-2-12-30(26)25-7-5-21(6-8-25)23-15-24(18-28-17-23)22-10-14-29(19-22)13-9-20-3-1-11-27-16-20/h1,3,5-8,10-11,14-19H,2,4,9,12-13H2. The lowest BCUT2D eigenvalue weighted by atomic mass is 10.0. The molecule has 1 amide bonds. The van der Waals surface area contributed by atoms with Crippen LogP contribution in [0, 0.1) is 0 Å². The van der Waals surface area contributed by atoms with E-state index in [0.717, 1.165) is 53.9 Å². The molecule has 0 radical (unpaired) electrons. The van der Waals surface area contributed by atoms with Crippen molar-refractivity contribution in [3.8, 4) is 22.3 Å². The van der Waals surface area contributed by atoms with Gasteiger partial charge < -0.3 is 9.47 Å². The minimum Gasteiger partial charge on any atom is -0.353 e. The first-order valence-electron chi connectivity index (χ1n) is 10.7. The molecule has 1 aliphatic rings. The Bertz CT molecular complexity index is 1180. The molecular formula is C26H24N4O. The van der Waals surface area contributed by atoms with Crippen molar-refractivity contribution in [1.29, 1.82) is 0 Å². The van der Waals surface area contributed by atoms with Crippen molar-refractivity contribution >= 4 is 11.6 Å². The van der Waals surface area contributed by atoms with E-state index in [9.17, 15) is 4.79 Å². The van der Waals surface area contributed by atoms with Crippen molar-refractivity contribution in [3.63, 3.8) is 0 Å². The third-order valence-electron chi connectivity index (χ3n) is 5.79. The zero-order chi connectivity index (χ0) is 21.0. The second kappa shape index (κ2) is 8.56. The summed E-state index contributed by atoms with van der Waals surface area (Å²) < 4.78 is 2.21. The van der Waals surface area contributed by atoms with Crippen LogP contribution in [-0.4, -0.2) is 27.0 Å². The Hall–Kier alpha value is -3.73. The molecule has 1 aromatic carbocycles. The van der Waals surface area contributed by atoms with Crippen LogP contribution >= 0.6 is 0 Å². The molecule has 1 saturated heterocycles. The second-order valence-corrected chi connectivity index (χ2v) is 7.91. The topological polar surface area (TPSA) is 51.0 Å². The van der Waals surface area contributed by atoms with Gasteiger partial charge in [-0.2, -0.15) is 0 Å². The number of aryl methyl sites for hydroxylation is 2. The third kappa shape index (κ3) is 4.26. The first-order valence-corrected chi connectivity index (χ1v) is 10.7. The van der Waals surface area contributed by atoms with Gasteiger partial charge in [0.05, 0.1) is 0 Å². The van der Waals surface area contributed by atoms with E-state index in [0.29, 0.717) is 6.42 Å². The van der Waals surface area contributed by atoms with Gasteiger partial charge >= 0.3 is 0 Å². The van der Waals surface area contributed by atoms with Gasteiger partial charge in [0.25, 0.3) is 0 Å². The molecule has 1 aliphatic heterocycles. The van der Waals surface area contributed by atoms with Gasteiger partial charge in [-0.25, -0.2) is 0 Å². The Balaban J connectivity index is 1.31. The summed E-state index contributed by atoms with van der Waals surface area (Å²) in [5.41, 5.74) is 6.62. The Labute approximate surface area is 182 Å². The Morgan fingerprint density at radius 2 is 1.71 bits per heavy atom. The number of aromatic nitrogens is 3. The molecule has 31 heavy (non-hydrogen) atoms. The molecule has 0 unspecified atom stereocenters. The van der Waals surface area contributed by atoms with Crippen LogP contribution in [0.1, 0.15) is 18.4 Å². The molecule has 0 spiro atoms. The maximum Gasteiger partial charge on any atom is 0.227 e. The predicted molar refractivity (Wildman–Crippen MR) is 123 cm³/mol. The highest BCUT2D eigenvalue weighted by atomic mass is 16.2. The number of pyridine rings is 2. The number of hydrogen-bond acceptors (Lipinski definition) is 3. The van der Waals surface area contributed by atoms with Crippen molar-refractivity contribution in [2.45, 2.75) is 25.8 Å². The molecule has 1 fully saturated rings. The van der Waals surface area contributed by atoms with Crippen LogP contribution in [0.25, 0.3) is 22.3 Å². The largest absolute Gasteiger partial charge is 0.353 e. The molecule has 0 atom stereocenters. The molecule has 5 heteroatoms. The predicted octanol–water partition coefficient (Wildman–Crippen LogP) is 4.98. The summed E-state index contributed by atoms with van der Waals surface area (Å²) in [5.74, 6) is 0.212. The first-order chi connectivity index (χ1) is 15.3. The van der Waals surface area contributed by atoms with Gasteiger partial charge in [0.15, 0.2) is 0 Å². The first kappa shape index (κ1) is 19.2. The fourth-order valence-electron chi connectivity index (χ4n) is 4.07. The van der Waals surface area contributed by atoms with Gasteiger partial charge in [0.2, 0.25) is 5.91 Å². The molecule has 4 heterocycles.